The number of hydrogen-bond acceptors (Lipinski definition) is 5. The third kappa shape index (κ3) is 6.96. The lowest BCUT2D eigenvalue weighted by Gasteiger charge is -2.35. The topological polar surface area (TPSA) is 103 Å². The van der Waals surface area contributed by atoms with E-state index in [1.54, 1.807) is 12.0 Å². The quantitative estimate of drug-likeness (QED) is 0.317. The van der Waals surface area contributed by atoms with E-state index in [0.29, 0.717) is 25.3 Å². The lowest BCUT2D eigenvalue weighted by Crippen LogP contribution is -2.49. The Morgan fingerprint density at radius 1 is 1.07 bits per heavy atom. The molecule has 1 heterocycles. The van der Waals surface area contributed by atoms with Crippen LogP contribution >= 0.6 is 0 Å². The summed E-state index contributed by atoms with van der Waals surface area (Å²) in [5, 5.41) is 23.8. The molecule has 44 heavy (non-hydrogen) atoms. The minimum absolute atomic E-state index is 0.0460. The zero-order valence-corrected chi connectivity index (χ0v) is 27.8. The van der Waals surface area contributed by atoms with Gasteiger partial charge in [-0.25, -0.2) is 4.79 Å². The van der Waals surface area contributed by atoms with Gasteiger partial charge in [0.1, 0.15) is 11.8 Å². The molecule has 0 unspecified atom stereocenters. The molecule has 1 saturated heterocycles. The highest BCUT2D eigenvalue weighted by Gasteiger charge is 2.59. The van der Waals surface area contributed by atoms with E-state index in [2.05, 4.69) is 72.0 Å². The van der Waals surface area contributed by atoms with Crippen molar-refractivity contribution in [1.29, 1.82) is 5.26 Å². The average Bonchev–Trinajstić information content (AvgIpc) is 3.52. The Morgan fingerprint density at radius 2 is 1.75 bits per heavy atom. The first-order valence-corrected chi connectivity index (χ1v) is 16.1. The van der Waals surface area contributed by atoms with Crippen molar-refractivity contribution in [2.45, 2.75) is 104 Å². The molecule has 238 valence electrons. The second-order valence-corrected chi connectivity index (χ2v) is 15.1. The van der Waals surface area contributed by atoms with Crippen LogP contribution in [0.1, 0.15) is 96.9 Å². The van der Waals surface area contributed by atoms with E-state index >= 15 is 0 Å². The summed E-state index contributed by atoms with van der Waals surface area (Å²) in [6.07, 6.45) is 2.83. The normalized spacial score (nSPS) is 27.2. The Morgan fingerprint density at radius 3 is 2.32 bits per heavy atom. The van der Waals surface area contributed by atoms with E-state index < -0.39 is 23.5 Å². The first-order chi connectivity index (χ1) is 20.7. The van der Waals surface area contributed by atoms with E-state index in [-0.39, 0.29) is 35.1 Å². The molecule has 1 saturated carbocycles. The van der Waals surface area contributed by atoms with E-state index in [4.69, 9.17) is 10.00 Å². The molecule has 4 rings (SSSR count). The predicted molar refractivity (Wildman–Crippen MR) is 173 cm³/mol. The zero-order chi connectivity index (χ0) is 32.4. The first-order valence-electron chi connectivity index (χ1n) is 16.1. The van der Waals surface area contributed by atoms with Crippen molar-refractivity contribution in [3.8, 4) is 11.8 Å². The molecule has 2 aliphatic rings. The van der Waals surface area contributed by atoms with E-state index in [0.717, 1.165) is 29.7 Å². The summed E-state index contributed by atoms with van der Waals surface area (Å²) >= 11 is 0. The van der Waals surface area contributed by atoms with Crippen LogP contribution in [0.15, 0.2) is 48.5 Å². The second kappa shape index (κ2) is 13.3. The molecule has 2 fully saturated rings. The molecule has 7 atom stereocenters. The molecular formula is C37H51N3O4. The zero-order valence-electron chi connectivity index (χ0n) is 27.8. The highest BCUT2D eigenvalue weighted by atomic mass is 16.5. The Balaban J connectivity index is 1.80. The molecule has 0 radical (unpaired) electrons. The number of hydrogen-bond donors (Lipinski definition) is 2. The van der Waals surface area contributed by atoms with Crippen molar-refractivity contribution < 1.29 is 19.4 Å². The number of carboxylic acid groups (broad SMARTS) is 1. The lowest BCUT2D eigenvalue weighted by atomic mass is 9.72. The van der Waals surface area contributed by atoms with Gasteiger partial charge in [0.25, 0.3) is 0 Å². The number of likely N-dealkylation sites (tertiary alicyclic amines) is 1. The van der Waals surface area contributed by atoms with Crippen LogP contribution in [0.2, 0.25) is 0 Å². The molecule has 1 aliphatic carbocycles. The summed E-state index contributed by atoms with van der Waals surface area (Å²) in [5.41, 5.74) is 2.65. The standard InChI is InChI=1S/C37H51N3O4/c1-23-19-24(13-12-18-38)20-28(23)34(41)40-32(25-14-10-9-11-15-25)31(30(37(5,6)7)33(40)35(42)43)39-22-26-21-27(36(2,3)4)16-17-29(26)44-8/h9-11,14-17,21,23-24,28,30-33,39H,12-13,19-20,22H2,1-8H3,(H,42,43)/t23-,24-,28+,30+,31+,32+,33+/m1/s1. The fourth-order valence-electron chi connectivity index (χ4n) is 7.76. The number of nitrogens with zero attached hydrogens (tertiary/aromatic N) is 2. The van der Waals surface area contributed by atoms with E-state index in [1.807, 2.05) is 36.4 Å². The summed E-state index contributed by atoms with van der Waals surface area (Å²) in [6.45, 7) is 15.3. The third-order valence-corrected chi connectivity index (χ3v) is 9.95. The van der Waals surface area contributed by atoms with Gasteiger partial charge in [-0.15, -0.1) is 0 Å². The predicted octanol–water partition coefficient (Wildman–Crippen LogP) is 7.12. The number of ether oxygens (including phenoxy) is 1. The Kier molecular flexibility index (Phi) is 10.1. The van der Waals surface area contributed by atoms with Gasteiger partial charge in [0.15, 0.2) is 0 Å². The first kappa shape index (κ1) is 33.5. The van der Waals surface area contributed by atoms with E-state index in [1.165, 1.54) is 5.56 Å². The summed E-state index contributed by atoms with van der Waals surface area (Å²) in [4.78, 5) is 29.6. The molecule has 2 aromatic rings. The Bertz CT molecular complexity index is 1350. The summed E-state index contributed by atoms with van der Waals surface area (Å²) in [5.74, 6) is -0.479. The van der Waals surface area contributed by atoms with Crippen LogP contribution < -0.4 is 10.1 Å². The highest BCUT2D eigenvalue weighted by molar-refractivity contribution is 5.87. The number of rotatable bonds is 9. The van der Waals surface area contributed by atoms with Gasteiger partial charge in [0, 0.05) is 36.4 Å². The number of nitrogens with one attached hydrogen (secondary N) is 1. The summed E-state index contributed by atoms with van der Waals surface area (Å²) < 4.78 is 5.75. The molecule has 2 aromatic carbocycles. The lowest BCUT2D eigenvalue weighted by molar-refractivity contribution is -0.154. The van der Waals surface area contributed by atoms with Gasteiger partial charge in [-0.05, 0) is 59.1 Å². The van der Waals surface area contributed by atoms with Crippen LogP contribution in [0.25, 0.3) is 0 Å². The van der Waals surface area contributed by atoms with Crippen molar-refractivity contribution in [3.05, 3.63) is 65.2 Å². The maximum atomic E-state index is 14.7. The third-order valence-electron chi connectivity index (χ3n) is 9.95. The molecular weight excluding hydrogens is 550 g/mol. The van der Waals surface area contributed by atoms with Crippen molar-refractivity contribution in [1.82, 2.24) is 10.2 Å². The number of aliphatic carboxylic acids is 1. The molecule has 0 bridgehead atoms. The van der Waals surface area contributed by atoms with Gasteiger partial charge in [-0.1, -0.05) is 90.9 Å². The van der Waals surface area contributed by atoms with Gasteiger partial charge in [-0.2, -0.15) is 5.26 Å². The molecule has 0 spiro atoms. The Labute approximate surface area is 264 Å². The number of benzene rings is 2. The smallest absolute Gasteiger partial charge is 0.326 e. The van der Waals surface area contributed by atoms with Gasteiger partial charge >= 0.3 is 5.97 Å². The fraction of sp³-hybridized carbons (Fsp3) is 0.595. The maximum absolute atomic E-state index is 14.7. The second-order valence-electron chi connectivity index (χ2n) is 15.1. The van der Waals surface area contributed by atoms with Gasteiger partial charge in [0.2, 0.25) is 5.91 Å². The van der Waals surface area contributed by atoms with Crippen molar-refractivity contribution in [2.75, 3.05) is 7.11 Å². The van der Waals surface area contributed by atoms with Crippen molar-refractivity contribution >= 4 is 11.9 Å². The average molecular weight is 602 g/mol. The number of methoxy groups -OCH3 is 1. The minimum atomic E-state index is -0.988. The number of nitriles is 1. The number of carboxylic acids is 1. The fourth-order valence-corrected chi connectivity index (χ4v) is 7.76. The largest absolute Gasteiger partial charge is 0.496 e. The van der Waals surface area contributed by atoms with Crippen LogP contribution in [0.3, 0.4) is 0 Å². The SMILES string of the molecule is COc1ccc(C(C)(C)C)cc1CN[C@H]1[C@H](C(C)(C)C)[C@@H](C(=O)O)N(C(=O)[C@H]2C[C@H](CCC#N)C[C@H]2C)[C@H]1c1ccccc1. The molecule has 7 nitrogen and oxygen atoms in total. The van der Waals surface area contributed by atoms with Crippen molar-refractivity contribution in [2.24, 2.45) is 29.1 Å². The van der Waals surface area contributed by atoms with E-state index in [9.17, 15) is 14.7 Å². The Hall–Kier alpha value is -3.37. The van der Waals surface area contributed by atoms with Crippen LogP contribution in [0, 0.1) is 40.4 Å². The number of amides is 1. The van der Waals surface area contributed by atoms with Crippen LogP contribution in [0.4, 0.5) is 0 Å². The van der Waals surface area contributed by atoms with Gasteiger partial charge in [-0.3, -0.25) is 4.79 Å². The molecule has 7 heteroatoms. The van der Waals surface area contributed by atoms with Crippen LogP contribution in [0.5, 0.6) is 5.75 Å². The van der Waals surface area contributed by atoms with Gasteiger partial charge < -0.3 is 20.1 Å². The van der Waals surface area contributed by atoms with Gasteiger partial charge in [0.05, 0.1) is 19.2 Å². The molecule has 1 amide bonds. The van der Waals surface area contributed by atoms with Crippen molar-refractivity contribution in [3.63, 3.8) is 0 Å². The monoisotopic (exact) mass is 601 g/mol. The maximum Gasteiger partial charge on any atom is 0.326 e. The minimum Gasteiger partial charge on any atom is -0.496 e. The number of carbonyl (C=O) groups excluding carboxylic acids is 1. The summed E-state index contributed by atoms with van der Waals surface area (Å²) in [6, 6.07) is 16.6. The molecule has 0 aromatic heterocycles. The highest BCUT2D eigenvalue weighted by Crippen LogP contribution is 2.50. The molecule has 1 aliphatic heterocycles. The van der Waals surface area contributed by atoms with Crippen LogP contribution in [-0.4, -0.2) is 41.1 Å². The van der Waals surface area contributed by atoms with Crippen LogP contribution in [-0.2, 0) is 21.5 Å². The summed E-state index contributed by atoms with van der Waals surface area (Å²) in [7, 11) is 1.67. The number of carbonyl (C=O) groups is 2. The molecule has 2 N–H and O–H groups in total.